The number of hydrogen-bond acceptors (Lipinski definition) is 5. The van der Waals surface area contributed by atoms with E-state index < -0.39 is 0 Å². The molecule has 2 aromatic carbocycles. The van der Waals surface area contributed by atoms with Crippen molar-refractivity contribution in [3.8, 4) is 23.0 Å². The van der Waals surface area contributed by atoms with Gasteiger partial charge in [-0.3, -0.25) is 0 Å². The summed E-state index contributed by atoms with van der Waals surface area (Å²) in [6.07, 6.45) is 0.944. The standard InChI is InChI=1S/C21H29N3O4/c1-5-10-28-18-9-7-16(12-20(18)27-4)14-24-21(22)23-13-15-6-8-17(25-2)19(11-15)26-3/h6-9,11-12H,5,10,13-14H2,1-4H3,(H3,22,23,24). The predicted octanol–water partition coefficient (Wildman–Crippen LogP) is 3.11. The summed E-state index contributed by atoms with van der Waals surface area (Å²) in [4.78, 5) is 4.37. The van der Waals surface area contributed by atoms with Crippen LogP contribution >= 0.6 is 0 Å². The van der Waals surface area contributed by atoms with Crippen molar-refractivity contribution >= 4 is 5.96 Å². The average Bonchev–Trinajstić information content (AvgIpc) is 2.74. The molecule has 0 spiro atoms. The summed E-state index contributed by atoms with van der Waals surface area (Å²) in [6.45, 7) is 3.69. The van der Waals surface area contributed by atoms with Gasteiger partial charge in [0.2, 0.25) is 0 Å². The second-order valence-corrected chi connectivity index (χ2v) is 6.08. The van der Waals surface area contributed by atoms with Gasteiger partial charge >= 0.3 is 0 Å². The first-order chi connectivity index (χ1) is 13.6. The van der Waals surface area contributed by atoms with Crippen molar-refractivity contribution in [1.82, 2.24) is 5.32 Å². The molecular formula is C21H29N3O4. The van der Waals surface area contributed by atoms with Crippen LogP contribution in [0.4, 0.5) is 0 Å². The molecule has 0 aromatic heterocycles. The van der Waals surface area contributed by atoms with Crippen LogP contribution in [0.25, 0.3) is 0 Å². The van der Waals surface area contributed by atoms with E-state index in [9.17, 15) is 0 Å². The van der Waals surface area contributed by atoms with E-state index >= 15 is 0 Å². The van der Waals surface area contributed by atoms with Gasteiger partial charge in [-0.25, -0.2) is 4.99 Å². The fraction of sp³-hybridized carbons (Fsp3) is 0.381. The molecule has 0 atom stereocenters. The summed E-state index contributed by atoms with van der Waals surface area (Å²) in [7, 11) is 4.84. The van der Waals surface area contributed by atoms with Gasteiger partial charge in [0, 0.05) is 6.54 Å². The lowest BCUT2D eigenvalue weighted by atomic mass is 10.2. The number of guanidine groups is 1. The summed E-state index contributed by atoms with van der Waals surface area (Å²) in [5.41, 5.74) is 7.98. The van der Waals surface area contributed by atoms with Crippen LogP contribution in [0.5, 0.6) is 23.0 Å². The number of hydrogen-bond donors (Lipinski definition) is 2. The molecule has 3 N–H and O–H groups in total. The van der Waals surface area contributed by atoms with E-state index in [0.29, 0.717) is 42.9 Å². The van der Waals surface area contributed by atoms with Crippen LogP contribution in [-0.2, 0) is 13.1 Å². The number of methoxy groups -OCH3 is 3. The Morgan fingerprint density at radius 2 is 1.50 bits per heavy atom. The Morgan fingerprint density at radius 3 is 2.18 bits per heavy atom. The topological polar surface area (TPSA) is 87.3 Å². The molecular weight excluding hydrogens is 358 g/mol. The molecule has 0 aliphatic heterocycles. The normalized spacial score (nSPS) is 11.1. The quantitative estimate of drug-likeness (QED) is 0.481. The zero-order valence-electron chi connectivity index (χ0n) is 17.0. The smallest absolute Gasteiger partial charge is 0.189 e. The van der Waals surface area contributed by atoms with Gasteiger partial charge in [0.15, 0.2) is 29.0 Å². The number of nitrogens with two attached hydrogens (primary N) is 1. The molecule has 152 valence electrons. The monoisotopic (exact) mass is 387 g/mol. The van der Waals surface area contributed by atoms with Crippen molar-refractivity contribution in [1.29, 1.82) is 0 Å². The molecule has 0 saturated carbocycles. The zero-order chi connectivity index (χ0) is 20.4. The third-order valence-electron chi connectivity index (χ3n) is 4.04. The Hall–Kier alpha value is -3.09. The summed E-state index contributed by atoms with van der Waals surface area (Å²) >= 11 is 0. The van der Waals surface area contributed by atoms with Crippen LogP contribution in [0.1, 0.15) is 24.5 Å². The van der Waals surface area contributed by atoms with Crippen LogP contribution in [-0.4, -0.2) is 33.9 Å². The maximum Gasteiger partial charge on any atom is 0.189 e. The van der Waals surface area contributed by atoms with Crippen LogP contribution in [0.3, 0.4) is 0 Å². The minimum atomic E-state index is 0.361. The Labute approximate surface area is 166 Å². The molecule has 0 aliphatic rings. The van der Waals surface area contributed by atoms with Crippen LogP contribution in [0.2, 0.25) is 0 Å². The molecule has 0 aliphatic carbocycles. The maximum absolute atomic E-state index is 5.99. The molecule has 28 heavy (non-hydrogen) atoms. The van der Waals surface area contributed by atoms with Gasteiger partial charge in [-0.15, -0.1) is 0 Å². The number of ether oxygens (including phenoxy) is 4. The number of nitrogens with zero attached hydrogens (tertiary/aromatic N) is 1. The van der Waals surface area contributed by atoms with Crippen molar-refractivity contribution in [3.63, 3.8) is 0 Å². The number of aliphatic imine (C=N–C) groups is 1. The minimum absolute atomic E-state index is 0.361. The highest BCUT2D eigenvalue weighted by Gasteiger charge is 2.07. The molecule has 2 aromatic rings. The third-order valence-corrected chi connectivity index (χ3v) is 4.04. The fourth-order valence-electron chi connectivity index (χ4n) is 2.56. The lowest BCUT2D eigenvalue weighted by molar-refractivity contribution is 0.294. The first-order valence-corrected chi connectivity index (χ1v) is 9.15. The lowest BCUT2D eigenvalue weighted by Gasteiger charge is -2.12. The molecule has 7 heteroatoms. The van der Waals surface area contributed by atoms with Gasteiger partial charge in [-0.2, -0.15) is 0 Å². The largest absolute Gasteiger partial charge is 0.493 e. The van der Waals surface area contributed by atoms with Crippen molar-refractivity contribution in [2.45, 2.75) is 26.4 Å². The number of benzene rings is 2. The number of nitrogens with one attached hydrogen (secondary N) is 1. The molecule has 7 nitrogen and oxygen atoms in total. The van der Waals surface area contributed by atoms with Crippen molar-refractivity contribution < 1.29 is 18.9 Å². The highest BCUT2D eigenvalue weighted by atomic mass is 16.5. The van der Waals surface area contributed by atoms with Crippen LogP contribution in [0.15, 0.2) is 41.4 Å². The molecule has 0 saturated heterocycles. The van der Waals surface area contributed by atoms with Gasteiger partial charge in [0.1, 0.15) is 0 Å². The van der Waals surface area contributed by atoms with E-state index in [1.165, 1.54) is 0 Å². The lowest BCUT2D eigenvalue weighted by Crippen LogP contribution is -2.31. The summed E-state index contributed by atoms with van der Waals surface area (Å²) in [6, 6.07) is 11.5. The van der Waals surface area contributed by atoms with Crippen molar-refractivity contribution in [2.75, 3.05) is 27.9 Å². The van der Waals surface area contributed by atoms with Crippen molar-refractivity contribution in [3.05, 3.63) is 47.5 Å². The molecule has 0 fully saturated rings. The second kappa shape index (κ2) is 10.9. The van der Waals surface area contributed by atoms with Gasteiger partial charge in [0.05, 0.1) is 34.5 Å². The Balaban J connectivity index is 1.95. The Kier molecular flexibility index (Phi) is 8.27. The molecule has 0 unspecified atom stereocenters. The van der Waals surface area contributed by atoms with E-state index in [1.807, 2.05) is 36.4 Å². The van der Waals surface area contributed by atoms with Gasteiger partial charge in [0.25, 0.3) is 0 Å². The first kappa shape index (κ1) is 21.2. The maximum atomic E-state index is 5.99. The first-order valence-electron chi connectivity index (χ1n) is 9.15. The second-order valence-electron chi connectivity index (χ2n) is 6.08. The Bertz CT molecular complexity index is 793. The molecule has 0 heterocycles. The highest BCUT2D eigenvalue weighted by Crippen LogP contribution is 2.29. The zero-order valence-corrected chi connectivity index (χ0v) is 17.0. The molecule has 0 amide bonds. The third kappa shape index (κ3) is 5.97. The summed E-state index contributed by atoms with van der Waals surface area (Å²) in [5.74, 6) is 3.15. The van der Waals surface area contributed by atoms with E-state index in [4.69, 9.17) is 24.7 Å². The SMILES string of the molecule is CCCOc1ccc(CNC(N)=NCc2ccc(OC)c(OC)c2)cc1OC. The minimum Gasteiger partial charge on any atom is -0.493 e. The van der Waals surface area contributed by atoms with Crippen LogP contribution < -0.4 is 30.0 Å². The van der Waals surface area contributed by atoms with E-state index in [1.54, 1.807) is 21.3 Å². The Morgan fingerprint density at radius 1 is 0.893 bits per heavy atom. The van der Waals surface area contributed by atoms with Crippen LogP contribution in [0, 0.1) is 0 Å². The molecule has 0 radical (unpaired) electrons. The fourth-order valence-corrected chi connectivity index (χ4v) is 2.56. The van der Waals surface area contributed by atoms with E-state index in [0.717, 1.165) is 23.3 Å². The van der Waals surface area contributed by atoms with Gasteiger partial charge in [-0.05, 0) is 41.8 Å². The van der Waals surface area contributed by atoms with Gasteiger partial charge in [-0.1, -0.05) is 19.1 Å². The molecule has 2 rings (SSSR count). The van der Waals surface area contributed by atoms with Gasteiger partial charge < -0.3 is 30.0 Å². The van der Waals surface area contributed by atoms with E-state index in [2.05, 4.69) is 17.2 Å². The van der Waals surface area contributed by atoms with E-state index in [-0.39, 0.29) is 0 Å². The number of rotatable bonds is 10. The molecule has 0 bridgehead atoms. The average molecular weight is 387 g/mol. The highest BCUT2D eigenvalue weighted by molar-refractivity contribution is 5.77. The predicted molar refractivity (Wildman–Crippen MR) is 110 cm³/mol. The summed E-state index contributed by atoms with van der Waals surface area (Å²) in [5, 5.41) is 3.11. The van der Waals surface area contributed by atoms with Crippen molar-refractivity contribution in [2.24, 2.45) is 10.7 Å². The summed E-state index contributed by atoms with van der Waals surface area (Å²) < 4.78 is 21.6.